The van der Waals surface area contributed by atoms with Gasteiger partial charge in [-0.25, -0.2) is 0 Å². The Morgan fingerprint density at radius 1 is 1.33 bits per heavy atom. The van der Waals surface area contributed by atoms with Gasteiger partial charge in [0, 0.05) is 12.2 Å². The second-order valence-corrected chi connectivity index (χ2v) is 4.46. The number of unbranched alkanes of at least 4 members (excludes halogenated alkanes) is 1. The van der Waals surface area contributed by atoms with Gasteiger partial charge in [-0.05, 0) is 31.7 Å². The van der Waals surface area contributed by atoms with Crippen LogP contribution in [-0.2, 0) is 0 Å². The van der Waals surface area contributed by atoms with E-state index in [-0.39, 0.29) is 0 Å². The molecule has 3 N–H and O–H groups in total. The molecule has 0 fully saturated rings. The van der Waals surface area contributed by atoms with Crippen LogP contribution in [0.25, 0.3) is 0 Å². The number of nitrogens with one attached hydrogen (secondary N) is 1. The Hall–Kier alpha value is -0.500. The fraction of sp³-hybridized carbons (Fsp3) is 0.846. The van der Waals surface area contributed by atoms with Crippen LogP contribution in [0, 0.1) is 5.92 Å². The lowest BCUT2D eigenvalue weighted by atomic mass is 10.0. The first kappa shape index (κ1) is 14.5. The van der Waals surface area contributed by atoms with Gasteiger partial charge in [-0.3, -0.25) is 0 Å². The normalized spacial score (nSPS) is 12.5. The second kappa shape index (κ2) is 10.0. The molecule has 0 radical (unpaired) electrons. The van der Waals surface area contributed by atoms with Crippen LogP contribution in [0.1, 0.15) is 52.4 Å². The molecule has 15 heavy (non-hydrogen) atoms. The van der Waals surface area contributed by atoms with Crippen molar-refractivity contribution in [3.05, 3.63) is 12.3 Å². The van der Waals surface area contributed by atoms with Gasteiger partial charge in [0.05, 0.1) is 0 Å². The van der Waals surface area contributed by atoms with Crippen molar-refractivity contribution in [2.24, 2.45) is 11.7 Å². The van der Waals surface area contributed by atoms with Crippen LogP contribution in [-0.4, -0.2) is 13.1 Å². The third-order valence-corrected chi connectivity index (χ3v) is 2.71. The van der Waals surface area contributed by atoms with E-state index in [1.807, 2.05) is 0 Å². The molecule has 90 valence electrons. The molecule has 0 rings (SSSR count). The fourth-order valence-corrected chi connectivity index (χ4v) is 1.70. The van der Waals surface area contributed by atoms with Crippen LogP contribution in [0.5, 0.6) is 0 Å². The zero-order valence-electron chi connectivity index (χ0n) is 10.5. The van der Waals surface area contributed by atoms with E-state index in [0.717, 1.165) is 31.8 Å². The highest BCUT2D eigenvalue weighted by molar-refractivity contribution is 4.89. The topological polar surface area (TPSA) is 38.0 Å². The summed E-state index contributed by atoms with van der Waals surface area (Å²) in [6, 6.07) is 0. The van der Waals surface area contributed by atoms with E-state index in [1.165, 1.54) is 31.4 Å². The van der Waals surface area contributed by atoms with Crippen LogP contribution >= 0.6 is 0 Å². The summed E-state index contributed by atoms with van der Waals surface area (Å²) in [5.74, 6) is 0.786. The molecule has 0 aliphatic carbocycles. The Labute approximate surface area is 95.3 Å². The van der Waals surface area contributed by atoms with Crippen molar-refractivity contribution in [3.63, 3.8) is 0 Å². The molecule has 0 aromatic rings. The van der Waals surface area contributed by atoms with Gasteiger partial charge in [-0.1, -0.05) is 39.7 Å². The zero-order valence-corrected chi connectivity index (χ0v) is 10.5. The summed E-state index contributed by atoms with van der Waals surface area (Å²) in [4.78, 5) is 0. The molecule has 0 saturated carbocycles. The maximum Gasteiger partial charge on any atom is 0.0143 e. The lowest BCUT2D eigenvalue weighted by Crippen LogP contribution is -2.14. The van der Waals surface area contributed by atoms with Crippen molar-refractivity contribution in [3.8, 4) is 0 Å². The van der Waals surface area contributed by atoms with Crippen molar-refractivity contribution in [1.29, 1.82) is 0 Å². The molecule has 0 bridgehead atoms. The van der Waals surface area contributed by atoms with Crippen molar-refractivity contribution in [1.82, 2.24) is 5.32 Å². The second-order valence-electron chi connectivity index (χ2n) is 4.46. The lowest BCUT2D eigenvalue weighted by molar-refractivity contribution is 0.468. The van der Waals surface area contributed by atoms with Crippen molar-refractivity contribution in [2.75, 3.05) is 13.1 Å². The maximum atomic E-state index is 5.51. The predicted octanol–water partition coefficient (Wildman–Crippen LogP) is 3.05. The number of nitrogens with two attached hydrogens (primary N) is 1. The Kier molecular flexibility index (Phi) is 9.70. The number of rotatable bonds is 10. The molecule has 2 heteroatoms. The quantitative estimate of drug-likeness (QED) is 0.546. The van der Waals surface area contributed by atoms with Gasteiger partial charge in [0.1, 0.15) is 0 Å². The summed E-state index contributed by atoms with van der Waals surface area (Å²) < 4.78 is 0. The van der Waals surface area contributed by atoms with E-state index >= 15 is 0 Å². The van der Waals surface area contributed by atoms with E-state index in [9.17, 15) is 0 Å². The summed E-state index contributed by atoms with van der Waals surface area (Å²) in [7, 11) is 0. The van der Waals surface area contributed by atoms with Crippen LogP contribution in [0.3, 0.4) is 0 Å². The standard InChI is InChI=1S/C13H28N2/c1-4-7-13(3)15-11-6-5-8-12(2)9-10-14/h12,15H,3-11,14H2,1-2H3. The fourth-order valence-electron chi connectivity index (χ4n) is 1.70. The van der Waals surface area contributed by atoms with Gasteiger partial charge >= 0.3 is 0 Å². The van der Waals surface area contributed by atoms with E-state index in [0.29, 0.717) is 0 Å². The summed E-state index contributed by atoms with van der Waals surface area (Å²) in [6.45, 7) is 10.4. The largest absolute Gasteiger partial charge is 0.389 e. The molecular formula is C13H28N2. The monoisotopic (exact) mass is 212 g/mol. The number of hydrogen-bond donors (Lipinski definition) is 2. The highest BCUT2D eigenvalue weighted by Gasteiger charge is 2.00. The average Bonchev–Trinajstić information content (AvgIpc) is 2.18. The van der Waals surface area contributed by atoms with Crippen LogP contribution in [0.2, 0.25) is 0 Å². The molecule has 1 unspecified atom stereocenters. The minimum atomic E-state index is 0.786. The van der Waals surface area contributed by atoms with E-state index in [2.05, 4.69) is 25.7 Å². The van der Waals surface area contributed by atoms with Gasteiger partial charge in [-0.2, -0.15) is 0 Å². The Bertz CT molecular complexity index is 155. The van der Waals surface area contributed by atoms with E-state index in [1.54, 1.807) is 0 Å². The van der Waals surface area contributed by atoms with Gasteiger partial charge in [0.15, 0.2) is 0 Å². The summed E-state index contributed by atoms with van der Waals surface area (Å²) in [5, 5.41) is 3.37. The molecule has 0 saturated heterocycles. The first-order valence-corrected chi connectivity index (χ1v) is 6.32. The molecule has 0 amide bonds. The molecule has 0 aliphatic heterocycles. The number of allylic oxidation sites excluding steroid dienone is 1. The van der Waals surface area contributed by atoms with Crippen LogP contribution < -0.4 is 11.1 Å². The minimum Gasteiger partial charge on any atom is -0.389 e. The third-order valence-electron chi connectivity index (χ3n) is 2.71. The third kappa shape index (κ3) is 9.80. The van der Waals surface area contributed by atoms with Crippen molar-refractivity contribution < 1.29 is 0 Å². The highest BCUT2D eigenvalue weighted by atomic mass is 14.9. The molecule has 1 atom stereocenters. The molecule has 0 spiro atoms. The summed E-state index contributed by atoms with van der Waals surface area (Å²) in [5.41, 5.74) is 6.70. The number of hydrogen-bond acceptors (Lipinski definition) is 2. The van der Waals surface area contributed by atoms with E-state index < -0.39 is 0 Å². The Morgan fingerprint density at radius 2 is 2.07 bits per heavy atom. The Morgan fingerprint density at radius 3 is 2.67 bits per heavy atom. The smallest absolute Gasteiger partial charge is 0.0143 e. The maximum absolute atomic E-state index is 5.51. The average molecular weight is 212 g/mol. The van der Waals surface area contributed by atoms with Crippen molar-refractivity contribution in [2.45, 2.75) is 52.4 Å². The molecular weight excluding hydrogens is 184 g/mol. The molecule has 0 heterocycles. The zero-order chi connectivity index (χ0) is 11.5. The van der Waals surface area contributed by atoms with Gasteiger partial charge < -0.3 is 11.1 Å². The lowest BCUT2D eigenvalue weighted by Gasteiger charge is -2.11. The summed E-state index contributed by atoms with van der Waals surface area (Å²) >= 11 is 0. The van der Waals surface area contributed by atoms with Crippen LogP contribution in [0.4, 0.5) is 0 Å². The first-order valence-electron chi connectivity index (χ1n) is 6.32. The first-order chi connectivity index (χ1) is 7.20. The Balaban J connectivity index is 3.20. The van der Waals surface area contributed by atoms with Gasteiger partial charge in [-0.15, -0.1) is 0 Å². The van der Waals surface area contributed by atoms with Crippen LogP contribution in [0.15, 0.2) is 12.3 Å². The molecule has 0 aromatic carbocycles. The molecule has 0 aromatic heterocycles. The van der Waals surface area contributed by atoms with E-state index in [4.69, 9.17) is 5.73 Å². The van der Waals surface area contributed by atoms with Gasteiger partial charge in [0.25, 0.3) is 0 Å². The highest BCUT2D eigenvalue weighted by Crippen LogP contribution is 2.10. The molecule has 2 nitrogen and oxygen atoms in total. The summed E-state index contributed by atoms with van der Waals surface area (Å²) in [6.07, 6.45) is 7.29. The van der Waals surface area contributed by atoms with Crippen molar-refractivity contribution >= 4 is 0 Å². The minimum absolute atomic E-state index is 0.786. The SMILES string of the molecule is C=C(CCC)NCCCCC(C)CCN. The molecule has 0 aliphatic rings. The van der Waals surface area contributed by atoms with Gasteiger partial charge in [0.2, 0.25) is 0 Å². The predicted molar refractivity (Wildman–Crippen MR) is 68.7 cm³/mol.